The van der Waals surface area contributed by atoms with Crippen molar-refractivity contribution in [1.82, 2.24) is 15.1 Å². The topological polar surface area (TPSA) is 105 Å². The molecule has 2 aromatic rings. The largest absolute Gasteiger partial charge is 0.462 e. The lowest BCUT2D eigenvalue weighted by Crippen LogP contribution is -2.51. The van der Waals surface area contributed by atoms with Gasteiger partial charge in [0.25, 0.3) is 5.91 Å². The predicted octanol–water partition coefficient (Wildman–Crippen LogP) is 3.21. The summed E-state index contributed by atoms with van der Waals surface area (Å²) in [5.41, 5.74) is 0.0824. The van der Waals surface area contributed by atoms with Crippen molar-refractivity contribution >= 4 is 23.9 Å². The fourth-order valence-electron chi connectivity index (χ4n) is 4.58. The number of halogens is 1. The van der Waals surface area contributed by atoms with E-state index in [-0.39, 0.29) is 36.1 Å². The number of ether oxygens (including phenoxy) is 2. The van der Waals surface area contributed by atoms with Crippen molar-refractivity contribution in [1.29, 1.82) is 0 Å². The third kappa shape index (κ3) is 6.30. The number of amides is 3. The summed E-state index contributed by atoms with van der Waals surface area (Å²) in [6, 6.07) is 12.6. The maximum atomic E-state index is 15.2. The van der Waals surface area contributed by atoms with E-state index in [1.165, 1.54) is 12.1 Å². The molecule has 0 spiro atoms. The first kappa shape index (κ1) is 27.1. The van der Waals surface area contributed by atoms with E-state index < -0.39 is 35.3 Å². The summed E-state index contributed by atoms with van der Waals surface area (Å²) >= 11 is 0. The summed E-state index contributed by atoms with van der Waals surface area (Å²) in [7, 11) is 0. The fraction of sp³-hybridized carbons (Fsp3) is 0.429. The lowest BCUT2D eigenvalue weighted by molar-refractivity contribution is -0.120. The minimum absolute atomic E-state index is 0.0564. The van der Waals surface area contributed by atoms with E-state index in [4.69, 9.17) is 9.47 Å². The van der Waals surface area contributed by atoms with Gasteiger partial charge in [-0.05, 0) is 45.0 Å². The van der Waals surface area contributed by atoms with Crippen LogP contribution in [0.15, 0.2) is 48.5 Å². The van der Waals surface area contributed by atoms with Gasteiger partial charge in [-0.25, -0.2) is 14.0 Å². The molecule has 2 aromatic carbocycles. The van der Waals surface area contributed by atoms with Gasteiger partial charge in [0.15, 0.2) is 0 Å². The average molecular weight is 526 g/mol. The molecule has 1 unspecified atom stereocenters. The normalized spacial score (nSPS) is 19.6. The minimum atomic E-state index is -0.847. The number of carbonyl (C=O) groups is 4. The Morgan fingerprint density at radius 2 is 1.63 bits per heavy atom. The Morgan fingerprint density at radius 3 is 2.26 bits per heavy atom. The molecular formula is C28H32FN3O6. The zero-order valence-corrected chi connectivity index (χ0v) is 21.7. The summed E-state index contributed by atoms with van der Waals surface area (Å²) in [5, 5.41) is 2.71. The molecule has 202 valence electrons. The van der Waals surface area contributed by atoms with E-state index in [0.717, 1.165) is 6.07 Å². The molecule has 0 bridgehead atoms. The van der Waals surface area contributed by atoms with Crippen molar-refractivity contribution in [2.75, 3.05) is 39.3 Å². The molecule has 0 aromatic heterocycles. The first-order valence-electron chi connectivity index (χ1n) is 12.6. The first-order valence-corrected chi connectivity index (χ1v) is 12.6. The molecule has 2 heterocycles. The number of nitrogens with zero attached hydrogens (tertiary/aromatic N) is 2. The molecule has 9 nitrogen and oxygen atoms in total. The van der Waals surface area contributed by atoms with Gasteiger partial charge < -0.3 is 24.6 Å². The SMILES string of the molecule is CC(C)(C)OC(=O)N1CCN(C(=O)c2ccc([C@@H]3C(=O)NCC3COC(=O)c3ccccc3)c(F)c2)CC1. The van der Waals surface area contributed by atoms with Gasteiger partial charge >= 0.3 is 12.1 Å². The second kappa shape index (κ2) is 11.2. The van der Waals surface area contributed by atoms with Crippen LogP contribution in [0.1, 0.15) is 53.0 Å². The molecule has 2 saturated heterocycles. The molecule has 10 heteroatoms. The Morgan fingerprint density at radius 1 is 0.974 bits per heavy atom. The molecule has 2 aliphatic rings. The highest BCUT2D eigenvalue weighted by molar-refractivity contribution is 5.95. The highest BCUT2D eigenvalue weighted by Gasteiger charge is 2.38. The quantitative estimate of drug-likeness (QED) is 0.601. The molecule has 2 aliphatic heterocycles. The molecule has 2 fully saturated rings. The van der Waals surface area contributed by atoms with Gasteiger partial charge in [-0.3, -0.25) is 9.59 Å². The van der Waals surface area contributed by atoms with Gasteiger partial charge in [0.2, 0.25) is 5.91 Å². The zero-order valence-electron chi connectivity index (χ0n) is 21.7. The summed E-state index contributed by atoms with van der Waals surface area (Å²) in [4.78, 5) is 53.3. The second-order valence-corrected chi connectivity index (χ2v) is 10.4. The Labute approximate surface area is 220 Å². The van der Waals surface area contributed by atoms with Gasteiger partial charge in [0.1, 0.15) is 11.4 Å². The standard InChI is InChI=1S/C28H32FN3O6/c1-28(2,3)38-27(36)32-13-11-31(12-14-32)25(34)19-9-10-21(22(29)15-19)23-20(16-30-24(23)33)17-37-26(35)18-7-5-4-6-8-18/h4-10,15,20,23H,11-14,16-17H2,1-3H3,(H,30,33)/t20?,23-/m1/s1. The highest BCUT2D eigenvalue weighted by Crippen LogP contribution is 2.32. The van der Waals surface area contributed by atoms with Crippen LogP contribution in [-0.4, -0.2) is 78.6 Å². The molecule has 0 aliphatic carbocycles. The van der Waals surface area contributed by atoms with Crippen molar-refractivity contribution in [3.05, 3.63) is 71.0 Å². The molecule has 0 saturated carbocycles. The number of hydrogen-bond acceptors (Lipinski definition) is 6. The van der Waals surface area contributed by atoms with Crippen LogP contribution in [0, 0.1) is 11.7 Å². The summed E-state index contributed by atoms with van der Waals surface area (Å²) < 4.78 is 26.0. The Balaban J connectivity index is 1.38. The first-order chi connectivity index (χ1) is 18.0. The lowest BCUT2D eigenvalue weighted by atomic mass is 9.88. The van der Waals surface area contributed by atoms with E-state index in [1.807, 2.05) is 0 Å². The molecule has 4 rings (SSSR count). The van der Waals surface area contributed by atoms with E-state index in [0.29, 0.717) is 31.7 Å². The smallest absolute Gasteiger partial charge is 0.410 e. The van der Waals surface area contributed by atoms with Gasteiger partial charge in [-0.15, -0.1) is 0 Å². The maximum Gasteiger partial charge on any atom is 0.410 e. The van der Waals surface area contributed by atoms with Gasteiger partial charge in [-0.2, -0.15) is 0 Å². The fourth-order valence-corrected chi connectivity index (χ4v) is 4.58. The van der Waals surface area contributed by atoms with Crippen molar-refractivity contribution in [2.45, 2.75) is 32.3 Å². The Hall–Kier alpha value is -3.95. The van der Waals surface area contributed by atoms with E-state index in [1.54, 1.807) is 60.9 Å². The maximum absolute atomic E-state index is 15.2. The van der Waals surface area contributed by atoms with E-state index >= 15 is 4.39 Å². The number of benzene rings is 2. The van der Waals surface area contributed by atoms with Crippen LogP contribution in [0.3, 0.4) is 0 Å². The summed E-state index contributed by atoms with van der Waals surface area (Å²) in [5.74, 6) is -3.21. The third-order valence-corrected chi connectivity index (χ3v) is 6.53. The van der Waals surface area contributed by atoms with Crippen molar-refractivity contribution < 1.29 is 33.0 Å². The van der Waals surface area contributed by atoms with Crippen LogP contribution >= 0.6 is 0 Å². The number of hydrogen-bond donors (Lipinski definition) is 1. The number of carbonyl (C=O) groups excluding carboxylic acids is 4. The number of piperazine rings is 1. The monoisotopic (exact) mass is 525 g/mol. The van der Waals surface area contributed by atoms with E-state index in [9.17, 15) is 19.2 Å². The highest BCUT2D eigenvalue weighted by atomic mass is 19.1. The Kier molecular flexibility index (Phi) is 7.99. The van der Waals surface area contributed by atoms with Crippen molar-refractivity contribution in [3.63, 3.8) is 0 Å². The third-order valence-electron chi connectivity index (χ3n) is 6.53. The number of nitrogens with one attached hydrogen (secondary N) is 1. The van der Waals surface area contributed by atoms with Gasteiger partial charge in [-0.1, -0.05) is 24.3 Å². The van der Waals surface area contributed by atoms with E-state index in [2.05, 4.69) is 5.32 Å². The van der Waals surface area contributed by atoms with Crippen molar-refractivity contribution in [2.24, 2.45) is 5.92 Å². The molecule has 3 amide bonds. The minimum Gasteiger partial charge on any atom is -0.462 e. The van der Waals surface area contributed by atoms with Gasteiger partial charge in [0, 0.05) is 49.8 Å². The number of esters is 1. The second-order valence-electron chi connectivity index (χ2n) is 10.4. The molecule has 0 radical (unpaired) electrons. The molecule has 1 N–H and O–H groups in total. The average Bonchev–Trinajstić information content (AvgIpc) is 3.26. The Bertz CT molecular complexity index is 1200. The molecule has 2 atom stereocenters. The van der Waals surface area contributed by atoms with Crippen molar-refractivity contribution in [3.8, 4) is 0 Å². The predicted molar refractivity (Wildman–Crippen MR) is 136 cm³/mol. The molecular weight excluding hydrogens is 493 g/mol. The van der Waals surface area contributed by atoms with Crippen LogP contribution in [0.25, 0.3) is 0 Å². The van der Waals surface area contributed by atoms with Crippen LogP contribution in [-0.2, 0) is 14.3 Å². The van der Waals surface area contributed by atoms with Crippen LogP contribution in [0.4, 0.5) is 9.18 Å². The summed E-state index contributed by atoms with van der Waals surface area (Å²) in [6.07, 6.45) is -0.432. The van der Waals surface area contributed by atoms with Gasteiger partial charge in [0.05, 0.1) is 18.1 Å². The molecule has 38 heavy (non-hydrogen) atoms. The van der Waals surface area contributed by atoms with Crippen LogP contribution in [0.2, 0.25) is 0 Å². The van der Waals surface area contributed by atoms with Crippen LogP contribution in [0.5, 0.6) is 0 Å². The lowest BCUT2D eigenvalue weighted by Gasteiger charge is -2.35. The number of rotatable bonds is 5. The zero-order chi connectivity index (χ0) is 27.4. The van der Waals surface area contributed by atoms with Crippen LogP contribution < -0.4 is 5.32 Å². The summed E-state index contributed by atoms with van der Waals surface area (Å²) in [6.45, 7) is 6.77.